The molecule has 1 N–H and O–H groups in total. The third kappa shape index (κ3) is 3.74. The number of carbonyl (C=O) groups excluding carboxylic acids is 1. The van der Waals surface area contributed by atoms with E-state index in [-0.39, 0.29) is 11.1 Å². The Kier molecular flexibility index (Phi) is 5.74. The summed E-state index contributed by atoms with van der Waals surface area (Å²) in [7, 11) is 1.47. The Morgan fingerprint density at radius 2 is 1.79 bits per heavy atom. The molecule has 2 aromatic carbocycles. The first-order chi connectivity index (χ1) is 13.9. The van der Waals surface area contributed by atoms with Crippen molar-refractivity contribution in [1.29, 1.82) is 0 Å². The zero-order valence-corrected chi connectivity index (χ0v) is 16.2. The summed E-state index contributed by atoms with van der Waals surface area (Å²) >= 11 is 0. The highest BCUT2D eigenvalue weighted by molar-refractivity contribution is 6.08. The summed E-state index contributed by atoms with van der Waals surface area (Å²) in [5.74, 6) is -2.90. The van der Waals surface area contributed by atoms with Gasteiger partial charge in [0.25, 0.3) is 11.9 Å². The van der Waals surface area contributed by atoms with Crippen molar-refractivity contribution in [2.24, 2.45) is 4.99 Å². The lowest BCUT2D eigenvalue weighted by Crippen LogP contribution is -2.34. The van der Waals surface area contributed by atoms with Crippen LogP contribution >= 0.6 is 0 Å². The van der Waals surface area contributed by atoms with Gasteiger partial charge in [-0.05, 0) is 38.1 Å². The number of allylic oxidation sites excluding steroid dienone is 1. The molecule has 29 heavy (non-hydrogen) atoms. The van der Waals surface area contributed by atoms with Crippen molar-refractivity contribution >= 4 is 17.3 Å². The monoisotopic (exact) mass is 395 g/mol. The van der Waals surface area contributed by atoms with Crippen LogP contribution in [0.4, 0.5) is 14.5 Å². The molecule has 0 saturated carbocycles. The number of hydrogen-bond acceptors (Lipinski definition) is 3. The van der Waals surface area contributed by atoms with E-state index in [2.05, 4.69) is 15.2 Å². The molecule has 0 aromatic heterocycles. The van der Waals surface area contributed by atoms with Crippen molar-refractivity contribution in [3.63, 3.8) is 0 Å². The van der Waals surface area contributed by atoms with Crippen molar-refractivity contribution in [3.05, 3.63) is 82.3 Å². The molecule has 0 fully saturated rings. The Morgan fingerprint density at radius 3 is 2.41 bits per heavy atom. The fourth-order valence-corrected chi connectivity index (χ4v) is 3.54. The third-order valence-electron chi connectivity index (χ3n) is 4.84. The first-order valence-corrected chi connectivity index (χ1v) is 8.89. The van der Waals surface area contributed by atoms with Gasteiger partial charge in [-0.1, -0.05) is 18.2 Å². The number of carbonyl (C=O) groups is 1. The maximum atomic E-state index is 14.6. The van der Waals surface area contributed by atoms with Crippen LogP contribution in [0.5, 0.6) is 5.75 Å². The van der Waals surface area contributed by atoms with Crippen LogP contribution in [0.3, 0.4) is 0 Å². The van der Waals surface area contributed by atoms with Crippen LogP contribution in [-0.2, 0) is 4.79 Å². The Hall–Kier alpha value is -3.53. The molecule has 1 amide bonds. The van der Waals surface area contributed by atoms with E-state index in [0.717, 1.165) is 12.1 Å². The number of anilines is 1. The number of rotatable bonds is 4. The van der Waals surface area contributed by atoms with Crippen LogP contribution in [0.25, 0.3) is 4.85 Å². The lowest BCUT2D eigenvalue weighted by Gasteiger charge is -2.27. The molecule has 1 aliphatic heterocycles. The zero-order chi connectivity index (χ0) is 21.1. The van der Waals surface area contributed by atoms with Gasteiger partial charge in [0, 0.05) is 11.3 Å². The number of hydrogen-bond donors (Lipinski definition) is 1. The maximum absolute atomic E-state index is 14.6. The zero-order valence-electron chi connectivity index (χ0n) is 16.2. The minimum Gasteiger partial charge on any atom is -0.495 e. The van der Waals surface area contributed by atoms with E-state index in [0.29, 0.717) is 22.8 Å². The second-order valence-corrected chi connectivity index (χ2v) is 6.59. The van der Waals surface area contributed by atoms with Gasteiger partial charge < -0.3 is 14.9 Å². The van der Waals surface area contributed by atoms with Gasteiger partial charge >= 0.3 is 0 Å². The third-order valence-corrected chi connectivity index (χ3v) is 4.84. The van der Waals surface area contributed by atoms with Crippen molar-refractivity contribution in [1.82, 2.24) is 0 Å². The standard InChI is InChI=1S/C22H19F2N3O2/c1-12-18(22(28)27-16-10-5-6-11-17(16)29-4)20(21(25-3)13(2)26-12)19-14(23)8-7-9-15(19)24/h5-11,20-21H,1-2,4H3,(H,27,28). The summed E-state index contributed by atoms with van der Waals surface area (Å²) in [5.41, 5.74) is 0.846. The van der Waals surface area contributed by atoms with E-state index < -0.39 is 29.5 Å². The lowest BCUT2D eigenvalue weighted by molar-refractivity contribution is -0.113. The second-order valence-electron chi connectivity index (χ2n) is 6.59. The number of ether oxygens (including phenoxy) is 1. The average molecular weight is 395 g/mol. The molecule has 0 aliphatic carbocycles. The van der Waals surface area contributed by atoms with Gasteiger partial charge in [-0.2, -0.15) is 0 Å². The molecule has 0 bridgehead atoms. The summed E-state index contributed by atoms with van der Waals surface area (Å²) in [6.07, 6.45) is 0. The fraction of sp³-hybridized carbons (Fsp3) is 0.227. The van der Waals surface area contributed by atoms with Gasteiger partial charge in [0.2, 0.25) is 0 Å². The predicted molar refractivity (Wildman–Crippen MR) is 107 cm³/mol. The number of aliphatic imine (C=N–C) groups is 1. The van der Waals surface area contributed by atoms with E-state index >= 15 is 0 Å². The summed E-state index contributed by atoms with van der Waals surface area (Å²) in [4.78, 5) is 21.0. The Balaban J connectivity index is 2.13. The highest BCUT2D eigenvalue weighted by atomic mass is 19.1. The number of benzene rings is 2. The van der Waals surface area contributed by atoms with E-state index in [1.165, 1.54) is 13.2 Å². The van der Waals surface area contributed by atoms with E-state index in [4.69, 9.17) is 11.3 Å². The van der Waals surface area contributed by atoms with Gasteiger partial charge in [0.15, 0.2) is 0 Å². The number of para-hydroxylation sites is 2. The van der Waals surface area contributed by atoms with Crippen LogP contribution in [0.15, 0.2) is 58.7 Å². The topological polar surface area (TPSA) is 55.0 Å². The molecule has 5 nitrogen and oxygen atoms in total. The molecular formula is C22H19F2N3O2. The first kappa shape index (κ1) is 20.2. The minimum absolute atomic E-state index is 0.0477. The van der Waals surface area contributed by atoms with Gasteiger partial charge in [0.05, 0.1) is 24.1 Å². The summed E-state index contributed by atoms with van der Waals surface area (Å²) in [5, 5.41) is 2.72. The average Bonchev–Trinajstić information content (AvgIpc) is 2.68. The number of nitrogens with zero attached hydrogens (tertiary/aromatic N) is 2. The second kappa shape index (κ2) is 8.23. The summed E-state index contributed by atoms with van der Waals surface area (Å²) in [6, 6.07) is 9.28. The van der Waals surface area contributed by atoms with Crippen LogP contribution in [0, 0.1) is 18.2 Å². The van der Waals surface area contributed by atoms with E-state index in [1.807, 2.05) is 0 Å². The van der Waals surface area contributed by atoms with Crippen LogP contribution in [0.2, 0.25) is 0 Å². The number of methoxy groups -OCH3 is 1. The van der Waals surface area contributed by atoms with Gasteiger partial charge in [-0.3, -0.25) is 9.79 Å². The van der Waals surface area contributed by atoms with Crippen LogP contribution < -0.4 is 10.1 Å². The Bertz CT molecular complexity index is 1050. The van der Waals surface area contributed by atoms with E-state index in [1.54, 1.807) is 38.1 Å². The molecule has 7 heteroatoms. The largest absolute Gasteiger partial charge is 0.495 e. The van der Waals surface area contributed by atoms with Crippen molar-refractivity contribution in [2.75, 3.05) is 12.4 Å². The normalized spacial score (nSPS) is 18.7. The molecule has 2 unspecified atom stereocenters. The summed E-state index contributed by atoms with van der Waals surface area (Å²) in [6.45, 7) is 10.8. The quantitative estimate of drug-likeness (QED) is 0.761. The molecule has 0 saturated heterocycles. The van der Waals surface area contributed by atoms with Gasteiger partial charge in [-0.15, -0.1) is 0 Å². The highest BCUT2D eigenvalue weighted by Gasteiger charge is 2.43. The van der Waals surface area contributed by atoms with Gasteiger partial charge in [0.1, 0.15) is 23.3 Å². The molecule has 0 spiro atoms. The number of halogens is 2. The Labute approximate surface area is 167 Å². The summed E-state index contributed by atoms with van der Waals surface area (Å²) < 4.78 is 34.5. The maximum Gasteiger partial charge on any atom is 0.272 e. The molecule has 2 atom stereocenters. The van der Waals surface area contributed by atoms with Gasteiger partial charge in [-0.25, -0.2) is 15.4 Å². The molecule has 1 aliphatic rings. The molecule has 3 rings (SSSR count). The smallest absolute Gasteiger partial charge is 0.272 e. The first-order valence-electron chi connectivity index (χ1n) is 8.89. The molecular weight excluding hydrogens is 376 g/mol. The van der Waals surface area contributed by atoms with Crippen molar-refractivity contribution in [2.45, 2.75) is 25.8 Å². The molecule has 148 valence electrons. The molecule has 2 aromatic rings. The van der Waals surface area contributed by atoms with E-state index in [9.17, 15) is 13.6 Å². The van der Waals surface area contributed by atoms with Crippen LogP contribution in [-0.4, -0.2) is 24.8 Å². The fourth-order valence-electron chi connectivity index (χ4n) is 3.54. The predicted octanol–water partition coefficient (Wildman–Crippen LogP) is 4.73. The Morgan fingerprint density at radius 1 is 1.14 bits per heavy atom. The molecule has 0 radical (unpaired) electrons. The van der Waals surface area contributed by atoms with Crippen molar-refractivity contribution < 1.29 is 18.3 Å². The number of nitrogens with one attached hydrogen (secondary N) is 1. The number of amides is 1. The highest BCUT2D eigenvalue weighted by Crippen LogP contribution is 2.40. The molecule has 1 heterocycles. The minimum atomic E-state index is -1.12. The van der Waals surface area contributed by atoms with Crippen LogP contribution in [0.1, 0.15) is 25.3 Å². The SMILES string of the molecule is [C-]#[N+]C1C(C)=NC(C)=C(C(=O)Nc2ccccc2OC)C1c1c(F)cccc1F. The van der Waals surface area contributed by atoms with Crippen molar-refractivity contribution in [3.8, 4) is 5.75 Å². The lowest BCUT2D eigenvalue weighted by atomic mass is 9.79.